The van der Waals surface area contributed by atoms with E-state index in [4.69, 9.17) is 4.98 Å². The van der Waals surface area contributed by atoms with Crippen molar-refractivity contribution in [2.75, 3.05) is 0 Å². The molecule has 0 spiro atoms. The van der Waals surface area contributed by atoms with E-state index >= 15 is 0 Å². The van der Waals surface area contributed by atoms with Gasteiger partial charge in [0, 0.05) is 5.39 Å². The summed E-state index contributed by atoms with van der Waals surface area (Å²) in [6, 6.07) is 36.8. The number of aromatic nitrogens is 1. The molecule has 0 radical (unpaired) electrons. The summed E-state index contributed by atoms with van der Waals surface area (Å²) in [6.45, 7) is 0. The Labute approximate surface area is 154 Å². The minimum absolute atomic E-state index is 1.06. The van der Waals surface area contributed by atoms with Crippen LogP contribution in [0.2, 0.25) is 0 Å². The van der Waals surface area contributed by atoms with Crippen LogP contribution in [0.3, 0.4) is 0 Å². The Hall–Kier alpha value is -3.10. The first kappa shape index (κ1) is 15.2. The van der Waals surface area contributed by atoms with Gasteiger partial charge in [0.15, 0.2) is 0 Å². The second kappa shape index (κ2) is 6.32. The van der Waals surface area contributed by atoms with E-state index in [9.17, 15) is 0 Å². The molecule has 0 saturated carbocycles. The van der Waals surface area contributed by atoms with Gasteiger partial charge in [-0.05, 0) is 39.1 Å². The first-order valence-electron chi connectivity index (χ1n) is 8.83. The zero-order valence-corrected chi connectivity index (χ0v) is 15.3. The number of benzene rings is 3. The quantitative estimate of drug-likeness (QED) is 0.279. The summed E-state index contributed by atoms with van der Waals surface area (Å²) in [7, 11) is -1.10. The lowest BCUT2D eigenvalue weighted by Gasteiger charge is -2.14. The van der Waals surface area contributed by atoms with Gasteiger partial charge in [-0.15, -0.1) is 0 Å². The Kier molecular flexibility index (Phi) is 3.69. The predicted octanol–water partition coefficient (Wildman–Crippen LogP) is 6.07. The molecule has 5 aromatic rings. The van der Waals surface area contributed by atoms with Gasteiger partial charge in [0.05, 0.1) is 19.4 Å². The third kappa shape index (κ3) is 2.56. The Morgan fingerprint density at radius 2 is 1.27 bits per heavy atom. The van der Waals surface area contributed by atoms with Crippen molar-refractivity contribution in [2.24, 2.45) is 0 Å². The molecule has 0 fully saturated rings. The molecule has 0 amide bonds. The van der Waals surface area contributed by atoms with E-state index in [1.165, 1.54) is 26.3 Å². The Balaban J connectivity index is 1.92. The lowest BCUT2D eigenvalue weighted by atomic mass is 10.2. The number of hydrogen-bond donors (Lipinski definition) is 0. The zero-order valence-electron chi connectivity index (χ0n) is 14.3. The maximum Gasteiger partial charge on any atom is 0.0911 e. The Bertz CT molecular complexity index is 1210. The standard InChI is InChI=1S/C24H17NSi/c1-3-9-18(10-4-1)23-16-15-22-24(26(23)20-12-5-2-6-13-20)17-19-11-7-8-14-21(19)25-22/h1-17H. The molecular weight excluding hydrogens is 330 g/mol. The van der Waals surface area contributed by atoms with Crippen molar-refractivity contribution >= 4 is 29.8 Å². The average Bonchev–Trinajstić information content (AvgIpc) is 2.72. The molecule has 0 aliphatic heterocycles. The van der Waals surface area contributed by atoms with E-state index < -0.39 is 8.40 Å². The van der Waals surface area contributed by atoms with Gasteiger partial charge in [0.1, 0.15) is 0 Å². The van der Waals surface area contributed by atoms with Crippen LogP contribution in [-0.4, -0.2) is 13.4 Å². The van der Waals surface area contributed by atoms with E-state index in [1.807, 2.05) is 0 Å². The van der Waals surface area contributed by atoms with Crippen LogP contribution < -0.4 is 0 Å². The lowest BCUT2D eigenvalue weighted by Crippen LogP contribution is -2.04. The lowest BCUT2D eigenvalue weighted by molar-refractivity contribution is 1.51. The normalized spacial score (nSPS) is 11.1. The molecule has 0 saturated heterocycles. The summed E-state index contributed by atoms with van der Waals surface area (Å²) >= 11 is 0. The average molecular weight is 347 g/mol. The summed E-state index contributed by atoms with van der Waals surface area (Å²) in [4.78, 5) is 6.32. The summed E-state index contributed by atoms with van der Waals surface area (Å²) in [5.74, 6) is 0. The van der Waals surface area contributed by atoms with Crippen LogP contribution in [0.25, 0.3) is 37.3 Å². The van der Waals surface area contributed by atoms with Crippen molar-refractivity contribution in [2.45, 2.75) is 0 Å². The topological polar surface area (TPSA) is 12.9 Å². The monoisotopic (exact) mass is 347 g/mol. The first-order chi connectivity index (χ1) is 12.9. The highest BCUT2D eigenvalue weighted by atomic mass is 28.2. The molecular formula is C24H17NSi. The maximum absolute atomic E-state index is 4.94. The van der Waals surface area contributed by atoms with Gasteiger partial charge in [-0.1, -0.05) is 84.9 Å². The van der Waals surface area contributed by atoms with Gasteiger partial charge in [-0.3, -0.25) is 0 Å². The molecule has 0 bridgehead atoms. The summed E-state index contributed by atoms with van der Waals surface area (Å²) in [5.41, 5.74) is 3.48. The van der Waals surface area contributed by atoms with E-state index in [0.29, 0.717) is 0 Å². The Morgan fingerprint density at radius 3 is 2.08 bits per heavy atom. The summed E-state index contributed by atoms with van der Waals surface area (Å²) in [6.07, 6.45) is 0. The summed E-state index contributed by atoms with van der Waals surface area (Å²) in [5, 5.41) is 4.04. The van der Waals surface area contributed by atoms with Gasteiger partial charge in [0.2, 0.25) is 0 Å². The van der Waals surface area contributed by atoms with Gasteiger partial charge in [0.25, 0.3) is 0 Å². The van der Waals surface area contributed by atoms with E-state index in [-0.39, 0.29) is 0 Å². The molecule has 3 aromatic carbocycles. The molecule has 122 valence electrons. The van der Waals surface area contributed by atoms with Gasteiger partial charge in [-0.25, -0.2) is 4.98 Å². The third-order valence-electron chi connectivity index (χ3n) is 4.85. The third-order valence-corrected chi connectivity index (χ3v) is 7.69. The van der Waals surface area contributed by atoms with Crippen LogP contribution in [0, 0.1) is 0 Å². The predicted molar refractivity (Wildman–Crippen MR) is 112 cm³/mol. The van der Waals surface area contributed by atoms with Crippen LogP contribution in [0.15, 0.2) is 103 Å². The van der Waals surface area contributed by atoms with Gasteiger partial charge >= 0.3 is 0 Å². The molecule has 2 heterocycles. The fraction of sp³-hybridized carbons (Fsp3) is 0. The van der Waals surface area contributed by atoms with Crippen LogP contribution in [0.4, 0.5) is 0 Å². The summed E-state index contributed by atoms with van der Waals surface area (Å²) < 4.78 is 0. The highest BCUT2D eigenvalue weighted by Crippen LogP contribution is 2.29. The molecule has 0 N–H and O–H groups in total. The number of pyridine rings is 1. The fourth-order valence-corrected chi connectivity index (χ4v) is 6.46. The van der Waals surface area contributed by atoms with Crippen LogP contribution in [0.5, 0.6) is 0 Å². The van der Waals surface area contributed by atoms with E-state index in [2.05, 4.69) is 103 Å². The fourth-order valence-electron chi connectivity index (χ4n) is 3.62. The minimum atomic E-state index is -1.10. The van der Waals surface area contributed by atoms with Crippen molar-refractivity contribution in [3.8, 4) is 15.9 Å². The molecule has 26 heavy (non-hydrogen) atoms. The van der Waals surface area contributed by atoms with E-state index in [1.54, 1.807) is 0 Å². The van der Waals surface area contributed by atoms with E-state index in [0.717, 1.165) is 11.0 Å². The van der Waals surface area contributed by atoms with Crippen molar-refractivity contribution in [1.29, 1.82) is 0 Å². The SMILES string of the molecule is c1ccc(-c2ccc3nc4ccccc4cc3[si]2-c2ccccc2)cc1. The second-order valence-electron chi connectivity index (χ2n) is 6.47. The highest BCUT2D eigenvalue weighted by Gasteiger charge is 2.14. The molecule has 0 aliphatic carbocycles. The van der Waals surface area contributed by atoms with Crippen LogP contribution >= 0.6 is 0 Å². The van der Waals surface area contributed by atoms with Crippen molar-refractivity contribution < 1.29 is 0 Å². The molecule has 0 unspecified atom stereocenters. The molecule has 1 nitrogen and oxygen atoms in total. The first-order valence-corrected chi connectivity index (χ1v) is 10.3. The van der Waals surface area contributed by atoms with Crippen LogP contribution in [-0.2, 0) is 0 Å². The van der Waals surface area contributed by atoms with Crippen LogP contribution in [0.1, 0.15) is 0 Å². The number of fused-ring (bicyclic) bond motifs is 2. The highest BCUT2D eigenvalue weighted by molar-refractivity contribution is 6.81. The number of hydrogen-bond acceptors (Lipinski definition) is 1. The maximum atomic E-state index is 4.94. The van der Waals surface area contributed by atoms with Crippen molar-refractivity contribution in [1.82, 2.24) is 4.98 Å². The number of nitrogens with zero attached hydrogens (tertiary/aromatic N) is 1. The van der Waals surface area contributed by atoms with Gasteiger partial charge in [-0.2, -0.15) is 0 Å². The molecule has 2 aromatic heterocycles. The largest absolute Gasteiger partial charge is 0.248 e. The molecule has 0 atom stereocenters. The molecule has 2 heteroatoms. The molecule has 0 aliphatic rings. The smallest absolute Gasteiger partial charge is 0.0911 e. The van der Waals surface area contributed by atoms with Crippen molar-refractivity contribution in [3.63, 3.8) is 0 Å². The van der Waals surface area contributed by atoms with Crippen molar-refractivity contribution in [3.05, 3.63) is 103 Å². The molecule has 5 rings (SSSR count). The Morgan fingerprint density at radius 1 is 0.577 bits per heavy atom. The second-order valence-corrected chi connectivity index (χ2v) is 8.87. The minimum Gasteiger partial charge on any atom is -0.248 e. The zero-order chi connectivity index (χ0) is 17.3. The number of para-hydroxylation sites is 1. The number of rotatable bonds is 2. The van der Waals surface area contributed by atoms with Gasteiger partial charge < -0.3 is 0 Å².